The third kappa shape index (κ3) is 4.99. The number of rotatable bonds is 6. The van der Waals surface area contributed by atoms with Crippen molar-refractivity contribution >= 4 is 21.8 Å². The van der Waals surface area contributed by atoms with Crippen LogP contribution < -0.4 is 5.32 Å². The van der Waals surface area contributed by atoms with Crippen LogP contribution in [0.15, 0.2) is 0 Å². The first-order valence-electron chi connectivity index (χ1n) is 6.80. The third-order valence-corrected chi connectivity index (χ3v) is 4.81. The number of amides is 2. The number of hydrogen-bond acceptors (Lipinski definition) is 5. The summed E-state index contributed by atoms with van der Waals surface area (Å²) in [5.74, 6) is -0.389. The molecule has 1 fully saturated rings. The van der Waals surface area contributed by atoms with E-state index in [1.54, 1.807) is 6.92 Å². The molecular weight excluding hydrogens is 284 g/mol. The maximum atomic E-state index is 12.1. The van der Waals surface area contributed by atoms with E-state index < -0.39 is 21.8 Å². The van der Waals surface area contributed by atoms with E-state index in [-0.39, 0.29) is 30.7 Å². The Morgan fingerprint density at radius 2 is 2.05 bits per heavy atom. The summed E-state index contributed by atoms with van der Waals surface area (Å²) in [6.07, 6.45) is 1.18. The zero-order chi connectivity index (χ0) is 15.2. The van der Waals surface area contributed by atoms with Crippen molar-refractivity contribution in [3.05, 3.63) is 0 Å². The Kier molecular flexibility index (Phi) is 6.25. The summed E-state index contributed by atoms with van der Waals surface area (Å²) in [5, 5.41) is 2.47. The molecule has 1 saturated heterocycles. The molecule has 1 unspecified atom stereocenters. The van der Waals surface area contributed by atoms with E-state index in [1.807, 2.05) is 6.92 Å². The van der Waals surface area contributed by atoms with Gasteiger partial charge in [0.2, 0.25) is 0 Å². The van der Waals surface area contributed by atoms with Gasteiger partial charge in [-0.1, -0.05) is 6.92 Å². The number of carbonyl (C=O) groups excluding carboxylic acids is 2. The lowest BCUT2D eigenvalue weighted by atomic mass is 10.2. The molecule has 1 rings (SSSR count). The largest absolute Gasteiger partial charge is 0.465 e. The van der Waals surface area contributed by atoms with Gasteiger partial charge in [0.25, 0.3) is 0 Å². The van der Waals surface area contributed by atoms with E-state index in [2.05, 4.69) is 5.32 Å². The molecule has 1 aliphatic heterocycles. The summed E-state index contributed by atoms with van der Waals surface area (Å²) in [4.78, 5) is 24.8. The third-order valence-electron chi connectivity index (χ3n) is 3.06. The number of urea groups is 1. The molecule has 8 heteroatoms. The number of nitrogens with one attached hydrogen (secondary N) is 1. The van der Waals surface area contributed by atoms with Crippen LogP contribution in [0.1, 0.15) is 26.7 Å². The molecule has 0 aromatic carbocycles. The van der Waals surface area contributed by atoms with Gasteiger partial charge >= 0.3 is 12.0 Å². The van der Waals surface area contributed by atoms with Crippen LogP contribution in [0.3, 0.4) is 0 Å². The predicted octanol–water partition coefficient (Wildman–Crippen LogP) is 0.158. The molecule has 7 nitrogen and oxygen atoms in total. The van der Waals surface area contributed by atoms with Crippen molar-refractivity contribution in [1.29, 1.82) is 0 Å². The summed E-state index contributed by atoms with van der Waals surface area (Å²) in [7, 11) is -3.05. The minimum atomic E-state index is -3.05. The topological polar surface area (TPSA) is 92.8 Å². The summed E-state index contributed by atoms with van der Waals surface area (Å²) in [6.45, 7) is 4.12. The van der Waals surface area contributed by atoms with Crippen LogP contribution >= 0.6 is 0 Å². The second-order valence-electron chi connectivity index (χ2n) is 4.71. The van der Waals surface area contributed by atoms with E-state index in [1.165, 1.54) is 4.90 Å². The van der Waals surface area contributed by atoms with Gasteiger partial charge in [0.1, 0.15) is 6.54 Å². The minimum Gasteiger partial charge on any atom is -0.465 e. The average molecular weight is 306 g/mol. The van der Waals surface area contributed by atoms with E-state index in [0.717, 1.165) is 6.42 Å². The summed E-state index contributed by atoms with van der Waals surface area (Å²) in [5.41, 5.74) is 0. The van der Waals surface area contributed by atoms with Crippen molar-refractivity contribution in [2.24, 2.45) is 0 Å². The highest BCUT2D eigenvalue weighted by molar-refractivity contribution is 7.91. The Morgan fingerprint density at radius 1 is 1.35 bits per heavy atom. The molecule has 116 valence electrons. The summed E-state index contributed by atoms with van der Waals surface area (Å²) < 4.78 is 27.7. The molecular formula is C12H22N2O5S. The predicted molar refractivity (Wildman–Crippen MR) is 74.1 cm³/mol. The SMILES string of the molecule is CCCN(C(=O)NCC(=O)OCC)C1CCS(=O)(=O)C1. The number of carbonyl (C=O) groups is 2. The molecule has 1 aliphatic rings. The van der Waals surface area contributed by atoms with Gasteiger partial charge in [-0.05, 0) is 19.8 Å². The normalized spacial score (nSPS) is 20.4. The minimum absolute atomic E-state index is 0.000172. The van der Waals surface area contributed by atoms with Crippen molar-refractivity contribution in [2.45, 2.75) is 32.7 Å². The highest BCUT2D eigenvalue weighted by Gasteiger charge is 2.34. The first kappa shape index (κ1) is 16.7. The average Bonchev–Trinajstić information content (AvgIpc) is 2.73. The number of hydrogen-bond donors (Lipinski definition) is 1. The van der Waals surface area contributed by atoms with Crippen LogP contribution in [0.2, 0.25) is 0 Å². The second-order valence-corrected chi connectivity index (χ2v) is 6.94. The van der Waals surface area contributed by atoms with Crippen LogP contribution in [-0.4, -0.2) is 62.6 Å². The van der Waals surface area contributed by atoms with Crippen molar-refractivity contribution in [3.8, 4) is 0 Å². The lowest BCUT2D eigenvalue weighted by molar-refractivity contribution is -0.141. The van der Waals surface area contributed by atoms with E-state index >= 15 is 0 Å². The molecule has 2 amide bonds. The Bertz CT molecular complexity index is 449. The first-order chi connectivity index (χ1) is 9.39. The van der Waals surface area contributed by atoms with Crippen LogP contribution in [0, 0.1) is 0 Å². The molecule has 0 saturated carbocycles. The summed E-state index contributed by atoms with van der Waals surface area (Å²) >= 11 is 0. The fourth-order valence-corrected chi connectivity index (χ4v) is 3.90. The zero-order valence-corrected chi connectivity index (χ0v) is 12.7. The van der Waals surface area contributed by atoms with Crippen LogP contribution in [-0.2, 0) is 19.4 Å². The quantitative estimate of drug-likeness (QED) is 0.706. The molecule has 0 bridgehead atoms. The van der Waals surface area contributed by atoms with Crippen molar-refractivity contribution in [2.75, 3.05) is 31.2 Å². The Labute approximate surface area is 119 Å². The van der Waals surface area contributed by atoms with Crippen LogP contribution in [0.5, 0.6) is 0 Å². The van der Waals surface area contributed by atoms with E-state index in [9.17, 15) is 18.0 Å². The van der Waals surface area contributed by atoms with Gasteiger partial charge in [-0.25, -0.2) is 13.2 Å². The second kappa shape index (κ2) is 7.47. The maximum absolute atomic E-state index is 12.1. The molecule has 0 aromatic heterocycles. The highest BCUT2D eigenvalue weighted by Crippen LogP contribution is 2.18. The van der Waals surface area contributed by atoms with Crippen molar-refractivity contribution in [3.63, 3.8) is 0 Å². The lowest BCUT2D eigenvalue weighted by Gasteiger charge is -2.27. The van der Waals surface area contributed by atoms with Crippen LogP contribution in [0.25, 0.3) is 0 Å². The van der Waals surface area contributed by atoms with Crippen molar-refractivity contribution in [1.82, 2.24) is 10.2 Å². The fourth-order valence-electron chi connectivity index (χ4n) is 2.17. The summed E-state index contributed by atoms with van der Waals surface area (Å²) in [6, 6.07) is -0.718. The van der Waals surface area contributed by atoms with Crippen LogP contribution in [0.4, 0.5) is 4.79 Å². The molecule has 1 atom stereocenters. The van der Waals surface area contributed by atoms with Crippen molar-refractivity contribution < 1.29 is 22.7 Å². The standard InChI is InChI=1S/C12H22N2O5S/c1-3-6-14(10-5-7-20(17,18)9-10)12(16)13-8-11(15)19-4-2/h10H,3-9H2,1-2H3,(H,13,16). The molecule has 1 heterocycles. The van der Waals surface area contributed by atoms with Gasteiger partial charge < -0.3 is 15.0 Å². The van der Waals surface area contributed by atoms with Gasteiger partial charge in [-0.3, -0.25) is 4.79 Å². The van der Waals surface area contributed by atoms with Gasteiger partial charge in [0, 0.05) is 12.6 Å². The molecule has 0 spiro atoms. The molecule has 0 aromatic rings. The van der Waals surface area contributed by atoms with Gasteiger partial charge in [-0.2, -0.15) is 0 Å². The Hall–Kier alpha value is -1.31. The Morgan fingerprint density at radius 3 is 2.55 bits per heavy atom. The number of sulfone groups is 1. The number of ether oxygens (including phenoxy) is 1. The number of esters is 1. The smallest absolute Gasteiger partial charge is 0.325 e. The maximum Gasteiger partial charge on any atom is 0.325 e. The van der Waals surface area contributed by atoms with Gasteiger partial charge in [0.15, 0.2) is 9.84 Å². The van der Waals surface area contributed by atoms with Gasteiger partial charge in [-0.15, -0.1) is 0 Å². The Balaban J connectivity index is 2.57. The van der Waals surface area contributed by atoms with E-state index in [0.29, 0.717) is 13.0 Å². The molecule has 20 heavy (non-hydrogen) atoms. The lowest BCUT2D eigenvalue weighted by Crippen LogP contribution is -2.48. The fraction of sp³-hybridized carbons (Fsp3) is 0.833. The number of nitrogens with zero attached hydrogens (tertiary/aromatic N) is 1. The molecule has 0 radical (unpaired) electrons. The molecule has 0 aliphatic carbocycles. The highest BCUT2D eigenvalue weighted by atomic mass is 32.2. The molecule has 1 N–H and O–H groups in total. The van der Waals surface area contributed by atoms with E-state index in [4.69, 9.17) is 4.74 Å². The zero-order valence-electron chi connectivity index (χ0n) is 11.9. The van der Waals surface area contributed by atoms with Gasteiger partial charge in [0.05, 0.1) is 18.1 Å². The first-order valence-corrected chi connectivity index (χ1v) is 8.62. The monoisotopic (exact) mass is 306 g/mol.